The Kier molecular flexibility index (Phi) is 46.7. The fourth-order valence-electron chi connectivity index (χ4n) is 11.4. The highest BCUT2D eigenvalue weighted by Crippen LogP contribution is 2.33. The number of unbranched alkanes of at least 4 members (excludes halogenated alkanes) is 24. The third-order valence-electron chi connectivity index (χ3n) is 17.0. The molecular formula is C70H123NO18. The lowest BCUT2D eigenvalue weighted by Crippen LogP contribution is -2.66. The molecule has 19 nitrogen and oxygen atoms in total. The SMILES string of the molecule is CC/C=C\C/C=C\C/C=C\C/C=C\C/C=C\C/C=C\CCCCCCCCCCCCCCCCCCCCCCCCC(=O)NC(COC1OC(CO)C(OC2OC(CO)C(OC3OC(CO)C(O)C(O)C3O)C(O)C2O)C(O)C1O)C(O)CCCCC. The predicted octanol–water partition coefficient (Wildman–Crippen LogP) is 8.94. The molecule has 3 aliphatic rings. The van der Waals surface area contributed by atoms with Crippen LogP contribution < -0.4 is 5.32 Å². The van der Waals surface area contributed by atoms with Gasteiger partial charge in [-0.15, -0.1) is 0 Å². The Balaban J connectivity index is 1.18. The van der Waals surface area contributed by atoms with Crippen molar-refractivity contribution in [1.29, 1.82) is 0 Å². The maximum atomic E-state index is 13.2. The molecule has 12 N–H and O–H groups in total. The molecule has 0 aromatic heterocycles. The van der Waals surface area contributed by atoms with E-state index >= 15 is 0 Å². The molecule has 0 saturated carbocycles. The highest BCUT2D eigenvalue weighted by molar-refractivity contribution is 5.76. The third kappa shape index (κ3) is 33.8. The Morgan fingerprint density at radius 3 is 1.19 bits per heavy atom. The summed E-state index contributed by atoms with van der Waals surface area (Å²) in [6, 6.07) is -0.883. The minimum atomic E-state index is -1.97. The Labute approximate surface area is 534 Å². The molecule has 3 rings (SSSR count). The highest BCUT2D eigenvalue weighted by Gasteiger charge is 2.53. The first-order valence-electron chi connectivity index (χ1n) is 34.7. The van der Waals surface area contributed by atoms with Gasteiger partial charge in [0.15, 0.2) is 18.9 Å². The van der Waals surface area contributed by atoms with E-state index in [0.29, 0.717) is 19.3 Å². The molecule has 3 fully saturated rings. The molecule has 516 valence electrons. The van der Waals surface area contributed by atoms with E-state index in [-0.39, 0.29) is 18.9 Å². The lowest BCUT2D eigenvalue weighted by molar-refractivity contribution is -0.379. The zero-order valence-corrected chi connectivity index (χ0v) is 54.4. The molecule has 0 spiro atoms. The minimum Gasteiger partial charge on any atom is -0.394 e. The number of aliphatic hydroxyl groups is 11. The number of rotatable bonds is 52. The molecular weight excluding hydrogens is 1140 g/mol. The van der Waals surface area contributed by atoms with Crippen molar-refractivity contribution < 1.29 is 89.4 Å². The summed E-state index contributed by atoms with van der Waals surface area (Å²) >= 11 is 0. The molecule has 3 heterocycles. The summed E-state index contributed by atoms with van der Waals surface area (Å²) in [5, 5.41) is 119. The van der Waals surface area contributed by atoms with E-state index in [2.05, 4.69) is 85.2 Å². The maximum Gasteiger partial charge on any atom is 0.220 e. The molecule has 3 aliphatic heterocycles. The van der Waals surface area contributed by atoms with Crippen LogP contribution in [0.5, 0.6) is 0 Å². The maximum absolute atomic E-state index is 13.2. The number of hydrogen-bond acceptors (Lipinski definition) is 18. The monoisotopic (exact) mass is 1270 g/mol. The number of allylic oxidation sites excluding steroid dienone is 12. The first kappa shape index (κ1) is 80.5. The highest BCUT2D eigenvalue weighted by atomic mass is 16.8. The van der Waals surface area contributed by atoms with Crippen LogP contribution in [0, 0.1) is 0 Å². The van der Waals surface area contributed by atoms with Crippen LogP contribution in [0.2, 0.25) is 0 Å². The Morgan fingerprint density at radius 2 is 0.775 bits per heavy atom. The fraction of sp³-hybridized carbons (Fsp3) is 0.814. The van der Waals surface area contributed by atoms with Crippen LogP contribution in [0.15, 0.2) is 72.9 Å². The lowest BCUT2D eigenvalue weighted by atomic mass is 9.96. The van der Waals surface area contributed by atoms with Crippen LogP contribution >= 0.6 is 0 Å². The van der Waals surface area contributed by atoms with E-state index in [1.807, 2.05) is 6.92 Å². The predicted molar refractivity (Wildman–Crippen MR) is 346 cm³/mol. The lowest BCUT2D eigenvalue weighted by Gasteiger charge is -2.48. The summed E-state index contributed by atoms with van der Waals surface area (Å²) in [6.45, 7) is 1.49. The minimum absolute atomic E-state index is 0.254. The second-order valence-electron chi connectivity index (χ2n) is 24.6. The average Bonchev–Trinajstić information content (AvgIpc) is 1.74. The second-order valence-corrected chi connectivity index (χ2v) is 24.6. The van der Waals surface area contributed by atoms with Crippen molar-refractivity contribution in [2.75, 3.05) is 26.4 Å². The third-order valence-corrected chi connectivity index (χ3v) is 17.0. The van der Waals surface area contributed by atoms with Gasteiger partial charge in [-0.1, -0.05) is 234 Å². The van der Waals surface area contributed by atoms with Gasteiger partial charge in [0.05, 0.1) is 38.6 Å². The van der Waals surface area contributed by atoms with Crippen molar-refractivity contribution in [3.05, 3.63) is 72.9 Å². The smallest absolute Gasteiger partial charge is 0.220 e. The average molecular weight is 1270 g/mol. The Morgan fingerprint density at radius 1 is 0.416 bits per heavy atom. The number of carbonyl (C=O) groups is 1. The molecule has 3 saturated heterocycles. The summed E-state index contributed by atoms with van der Waals surface area (Å²) < 4.78 is 34.1. The molecule has 17 unspecified atom stereocenters. The largest absolute Gasteiger partial charge is 0.394 e. The van der Waals surface area contributed by atoms with E-state index in [4.69, 9.17) is 28.4 Å². The van der Waals surface area contributed by atoms with Crippen molar-refractivity contribution in [2.24, 2.45) is 0 Å². The van der Waals surface area contributed by atoms with Crippen molar-refractivity contribution in [1.82, 2.24) is 5.32 Å². The van der Waals surface area contributed by atoms with Gasteiger partial charge in [-0.25, -0.2) is 0 Å². The normalized spacial score (nSPS) is 28.7. The molecule has 1 amide bonds. The number of ether oxygens (including phenoxy) is 6. The fourth-order valence-corrected chi connectivity index (χ4v) is 11.4. The molecule has 17 atom stereocenters. The van der Waals surface area contributed by atoms with E-state index in [9.17, 15) is 61.0 Å². The van der Waals surface area contributed by atoms with Gasteiger partial charge in [-0.05, 0) is 64.2 Å². The Hall–Kier alpha value is -2.77. The van der Waals surface area contributed by atoms with Gasteiger partial charge in [-0.3, -0.25) is 4.79 Å². The zero-order chi connectivity index (χ0) is 64.7. The summed E-state index contributed by atoms with van der Waals surface area (Å²) in [5.41, 5.74) is 0. The van der Waals surface area contributed by atoms with Crippen LogP contribution in [0.25, 0.3) is 0 Å². The van der Waals surface area contributed by atoms with Crippen LogP contribution in [-0.2, 0) is 33.2 Å². The number of carbonyl (C=O) groups excluding carboxylic acids is 1. The Bertz CT molecular complexity index is 1900. The first-order chi connectivity index (χ1) is 43.3. The molecule has 0 radical (unpaired) electrons. The van der Waals surface area contributed by atoms with Crippen molar-refractivity contribution in [3.63, 3.8) is 0 Å². The van der Waals surface area contributed by atoms with Crippen molar-refractivity contribution in [3.8, 4) is 0 Å². The van der Waals surface area contributed by atoms with Gasteiger partial charge in [0.2, 0.25) is 5.91 Å². The summed E-state index contributed by atoms with van der Waals surface area (Å²) in [6.07, 6.45) is 38.8. The number of nitrogens with one attached hydrogen (secondary N) is 1. The van der Waals surface area contributed by atoms with E-state index in [1.54, 1.807) is 0 Å². The van der Waals surface area contributed by atoms with Crippen LogP contribution in [0.4, 0.5) is 0 Å². The van der Waals surface area contributed by atoms with Gasteiger partial charge in [0.1, 0.15) is 73.2 Å². The van der Waals surface area contributed by atoms with Crippen molar-refractivity contribution >= 4 is 5.91 Å². The summed E-state index contributed by atoms with van der Waals surface area (Å²) in [5.74, 6) is -0.254. The topological polar surface area (TPSA) is 307 Å². The van der Waals surface area contributed by atoms with Crippen LogP contribution in [-0.4, -0.2) is 193 Å². The van der Waals surface area contributed by atoms with E-state index in [0.717, 1.165) is 70.6 Å². The quantitative estimate of drug-likeness (QED) is 0.0200. The van der Waals surface area contributed by atoms with Gasteiger partial charge in [-0.2, -0.15) is 0 Å². The van der Waals surface area contributed by atoms with Gasteiger partial charge in [0, 0.05) is 6.42 Å². The van der Waals surface area contributed by atoms with Crippen LogP contribution in [0.1, 0.15) is 232 Å². The number of amides is 1. The standard InChI is InChI=1S/C70H123NO18/c1-3-5-7-8-9-10-11-12-13-14-15-16-17-18-19-20-21-22-23-24-25-26-27-28-29-30-31-32-33-34-35-36-37-38-39-40-41-42-43-44-46-48-58(76)71-53(54(75)47-45-6-4-2)52-84-68-64(82)61(79)66(56(50-73)86-68)89-70-65(83)62(80)67(57(51-74)87-70)88-69-63(81)60(78)59(77)55(49-72)85-69/h5,7,9-10,12-13,15-16,18-19,21-22,53-57,59-70,72-75,77-83H,3-4,6,8,11,14,17,20,23-52H2,1-2H3,(H,71,76)/b7-5-,10-9-,13-12-,16-15-,19-18-,22-21-. The number of hydrogen-bond donors (Lipinski definition) is 12. The number of aliphatic hydroxyl groups excluding tert-OH is 11. The van der Waals surface area contributed by atoms with Crippen molar-refractivity contribution in [2.45, 2.75) is 336 Å². The van der Waals surface area contributed by atoms with E-state index in [1.165, 1.54) is 122 Å². The molecule has 0 aromatic carbocycles. The molecule has 0 aliphatic carbocycles. The van der Waals surface area contributed by atoms with Gasteiger partial charge < -0.3 is 89.9 Å². The second kappa shape index (κ2) is 51.6. The van der Waals surface area contributed by atoms with Crippen LogP contribution in [0.3, 0.4) is 0 Å². The molecule has 0 bridgehead atoms. The molecule has 0 aromatic rings. The first-order valence-corrected chi connectivity index (χ1v) is 34.7. The summed E-state index contributed by atoms with van der Waals surface area (Å²) in [7, 11) is 0. The molecule has 19 heteroatoms. The van der Waals surface area contributed by atoms with E-state index < -0.39 is 124 Å². The summed E-state index contributed by atoms with van der Waals surface area (Å²) in [4.78, 5) is 13.2. The molecule has 89 heavy (non-hydrogen) atoms. The zero-order valence-electron chi connectivity index (χ0n) is 54.4. The van der Waals surface area contributed by atoms with Gasteiger partial charge in [0.25, 0.3) is 0 Å². The van der Waals surface area contributed by atoms with Gasteiger partial charge >= 0.3 is 0 Å².